The first-order valence-electron chi connectivity index (χ1n) is 6.08. The van der Waals surface area contributed by atoms with Crippen molar-refractivity contribution in [2.45, 2.75) is 25.4 Å². The number of hydrogen-bond donors (Lipinski definition) is 1. The van der Waals surface area contributed by atoms with E-state index in [1.54, 1.807) is 6.20 Å². The Morgan fingerprint density at radius 3 is 2.67 bits per heavy atom. The SMILES string of the molecule is OC(CCCc1cncc(Br)c1)c1ccccc1. The second kappa shape index (κ2) is 6.66. The lowest BCUT2D eigenvalue weighted by atomic mass is 10.0. The Kier molecular flexibility index (Phi) is 4.90. The molecule has 1 heterocycles. The van der Waals surface area contributed by atoms with Crippen LogP contribution < -0.4 is 0 Å². The molecule has 0 radical (unpaired) electrons. The van der Waals surface area contributed by atoms with Gasteiger partial charge < -0.3 is 5.11 Å². The summed E-state index contributed by atoms with van der Waals surface area (Å²) in [7, 11) is 0. The van der Waals surface area contributed by atoms with Gasteiger partial charge in [-0.25, -0.2) is 0 Å². The number of pyridine rings is 1. The Morgan fingerprint density at radius 1 is 1.17 bits per heavy atom. The molecule has 0 aliphatic carbocycles. The lowest BCUT2D eigenvalue weighted by Crippen LogP contribution is -1.98. The highest BCUT2D eigenvalue weighted by Gasteiger charge is 2.06. The van der Waals surface area contributed by atoms with Gasteiger partial charge in [0, 0.05) is 16.9 Å². The van der Waals surface area contributed by atoms with E-state index in [1.165, 1.54) is 5.56 Å². The molecule has 0 bridgehead atoms. The van der Waals surface area contributed by atoms with Crippen LogP contribution in [0.4, 0.5) is 0 Å². The number of halogens is 1. The normalized spacial score (nSPS) is 12.3. The maximum Gasteiger partial charge on any atom is 0.0790 e. The summed E-state index contributed by atoms with van der Waals surface area (Å²) < 4.78 is 1.00. The van der Waals surface area contributed by atoms with Crippen molar-refractivity contribution in [1.29, 1.82) is 0 Å². The maximum atomic E-state index is 10.0. The number of benzene rings is 1. The van der Waals surface area contributed by atoms with Crippen LogP contribution in [-0.4, -0.2) is 10.1 Å². The highest BCUT2D eigenvalue weighted by atomic mass is 79.9. The first-order chi connectivity index (χ1) is 8.75. The number of rotatable bonds is 5. The molecule has 2 nitrogen and oxygen atoms in total. The van der Waals surface area contributed by atoms with Crippen molar-refractivity contribution in [2.24, 2.45) is 0 Å². The zero-order valence-corrected chi connectivity index (χ0v) is 11.7. The molecule has 1 atom stereocenters. The molecule has 0 fully saturated rings. The van der Waals surface area contributed by atoms with Crippen LogP contribution in [0.15, 0.2) is 53.3 Å². The lowest BCUT2D eigenvalue weighted by molar-refractivity contribution is 0.164. The van der Waals surface area contributed by atoms with E-state index in [-0.39, 0.29) is 6.10 Å². The first kappa shape index (κ1) is 13.2. The molecule has 0 aliphatic heterocycles. The highest BCUT2D eigenvalue weighted by Crippen LogP contribution is 2.19. The van der Waals surface area contributed by atoms with Crippen LogP contribution in [0.25, 0.3) is 0 Å². The fourth-order valence-electron chi connectivity index (χ4n) is 1.93. The van der Waals surface area contributed by atoms with E-state index < -0.39 is 0 Å². The van der Waals surface area contributed by atoms with E-state index in [1.807, 2.05) is 36.5 Å². The minimum absolute atomic E-state index is 0.369. The van der Waals surface area contributed by atoms with E-state index in [4.69, 9.17) is 0 Å². The van der Waals surface area contributed by atoms with Crippen LogP contribution >= 0.6 is 15.9 Å². The summed E-state index contributed by atoms with van der Waals surface area (Å²) in [6, 6.07) is 11.9. The quantitative estimate of drug-likeness (QED) is 0.909. The van der Waals surface area contributed by atoms with Crippen molar-refractivity contribution in [3.05, 3.63) is 64.4 Å². The molecule has 0 saturated heterocycles. The molecule has 1 aromatic carbocycles. The van der Waals surface area contributed by atoms with Gasteiger partial charge in [0.25, 0.3) is 0 Å². The van der Waals surface area contributed by atoms with E-state index in [2.05, 4.69) is 27.0 Å². The predicted molar refractivity (Wildman–Crippen MR) is 76.3 cm³/mol. The highest BCUT2D eigenvalue weighted by molar-refractivity contribution is 9.10. The monoisotopic (exact) mass is 305 g/mol. The van der Waals surface area contributed by atoms with Crippen LogP contribution in [-0.2, 0) is 6.42 Å². The van der Waals surface area contributed by atoms with E-state index in [0.29, 0.717) is 0 Å². The summed E-state index contributed by atoms with van der Waals surface area (Å²) in [5.41, 5.74) is 2.19. The van der Waals surface area contributed by atoms with Crippen LogP contribution in [0.3, 0.4) is 0 Å². The molecule has 2 rings (SSSR count). The predicted octanol–water partition coefficient (Wildman–Crippen LogP) is 3.90. The van der Waals surface area contributed by atoms with Crippen molar-refractivity contribution in [2.75, 3.05) is 0 Å². The standard InChI is InChI=1S/C15H16BrNO/c16-14-9-12(10-17-11-14)5-4-8-15(18)13-6-2-1-3-7-13/h1-3,6-7,9-11,15,18H,4-5,8H2. The van der Waals surface area contributed by atoms with Crippen LogP contribution in [0.1, 0.15) is 30.1 Å². The number of hydrogen-bond acceptors (Lipinski definition) is 2. The zero-order chi connectivity index (χ0) is 12.8. The van der Waals surface area contributed by atoms with Crippen molar-refractivity contribution < 1.29 is 5.11 Å². The molecular formula is C15H16BrNO. The van der Waals surface area contributed by atoms with Gasteiger partial charge in [-0.3, -0.25) is 4.98 Å². The molecule has 94 valence electrons. The minimum Gasteiger partial charge on any atom is -0.388 e. The van der Waals surface area contributed by atoms with Crippen LogP contribution in [0, 0.1) is 0 Å². The van der Waals surface area contributed by atoms with Crippen molar-refractivity contribution in [3.8, 4) is 0 Å². The molecule has 3 heteroatoms. The third-order valence-corrected chi connectivity index (χ3v) is 3.32. The third kappa shape index (κ3) is 3.93. The third-order valence-electron chi connectivity index (χ3n) is 2.89. The minimum atomic E-state index is -0.369. The van der Waals surface area contributed by atoms with E-state index >= 15 is 0 Å². The fourth-order valence-corrected chi connectivity index (χ4v) is 2.35. The van der Waals surface area contributed by atoms with Gasteiger partial charge in [-0.15, -0.1) is 0 Å². The average molecular weight is 306 g/mol. The number of aryl methyl sites for hydroxylation is 1. The molecule has 2 aromatic rings. The number of aliphatic hydroxyl groups excluding tert-OH is 1. The first-order valence-corrected chi connectivity index (χ1v) is 6.87. The Balaban J connectivity index is 1.82. The summed E-state index contributed by atoms with van der Waals surface area (Å²) in [5.74, 6) is 0. The summed E-state index contributed by atoms with van der Waals surface area (Å²) in [6.07, 6.45) is 5.95. The van der Waals surface area contributed by atoms with Gasteiger partial charge in [0.2, 0.25) is 0 Å². The molecule has 1 N–H and O–H groups in total. The van der Waals surface area contributed by atoms with Gasteiger partial charge >= 0.3 is 0 Å². The van der Waals surface area contributed by atoms with E-state index in [9.17, 15) is 5.11 Å². The van der Waals surface area contributed by atoms with Gasteiger partial charge in [0.1, 0.15) is 0 Å². The fraction of sp³-hybridized carbons (Fsp3) is 0.267. The number of nitrogens with zero attached hydrogens (tertiary/aromatic N) is 1. The number of aliphatic hydroxyl groups is 1. The molecule has 0 spiro atoms. The molecule has 1 unspecified atom stereocenters. The van der Waals surface area contributed by atoms with Crippen molar-refractivity contribution >= 4 is 15.9 Å². The zero-order valence-electron chi connectivity index (χ0n) is 10.1. The van der Waals surface area contributed by atoms with Gasteiger partial charge in [-0.2, -0.15) is 0 Å². The summed E-state index contributed by atoms with van der Waals surface area (Å²) in [4.78, 5) is 4.13. The Hall–Kier alpha value is -1.19. The largest absolute Gasteiger partial charge is 0.388 e. The van der Waals surface area contributed by atoms with Crippen molar-refractivity contribution in [1.82, 2.24) is 4.98 Å². The molecular weight excluding hydrogens is 290 g/mol. The van der Waals surface area contributed by atoms with Crippen LogP contribution in [0.2, 0.25) is 0 Å². The second-order valence-electron chi connectivity index (χ2n) is 4.33. The van der Waals surface area contributed by atoms with Gasteiger partial charge in [-0.1, -0.05) is 30.3 Å². The topological polar surface area (TPSA) is 33.1 Å². The molecule has 1 aromatic heterocycles. The smallest absolute Gasteiger partial charge is 0.0790 e. The average Bonchev–Trinajstić information content (AvgIpc) is 2.40. The Labute approximate surface area is 116 Å². The Bertz CT molecular complexity index is 487. The van der Waals surface area contributed by atoms with Gasteiger partial charge in [0.05, 0.1) is 6.10 Å². The second-order valence-corrected chi connectivity index (χ2v) is 5.25. The summed E-state index contributed by atoms with van der Waals surface area (Å²) in [5, 5.41) is 10.0. The molecule has 18 heavy (non-hydrogen) atoms. The van der Waals surface area contributed by atoms with Gasteiger partial charge in [-0.05, 0) is 52.4 Å². The lowest BCUT2D eigenvalue weighted by Gasteiger charge is -2.10. The molecule has 0 amide bonds. The molecule has 0 saturated carbocycles. The molecule has 0 aliphatic rings. The summed E-state index contributed by atoms with van der Waals surface area (Å²) >= 11 is 3.41. The number of aromatic nitrogens is 1. The van der Waals surface area contributed by atoms with Gasteiger partial charge in [0.15, 0.2) is 0 Å². The maximum absolute atomic E-state index is 10.0. The summed E-state index contributed by atoms with van der Waals surface area (Å²) in [6.45, 7) is 0. The van der Waals surface area contributed by atoms with Crippen molar-refractivity contribution in [3.63, 3.8) is 0 Å². The van der Waals surface area contributed by atoms with Crippen LogP contribution in [0.5, 0.6) is 0 Å². The Morgan fingerprint density at radius 2 is 1.94 bits per heavy atom. The van der Waals surface area contributed by atoms with E-state index in [0.717, 1.165) is 29.3 Å².